The van der Waals surface area contributed by atoms with E-state index in [9.17, 15) is 4.79 Å². The van der Waals surface area contributed by atoms with E-state index in [1.165, 1.54) is 0 Å². The van der Waals surface area contributed by atoms with Crippen molar-refractivity contribution in [1.82, 2.24) is 9.97 Å². The monoisotopic (exact) mass is 251 g/mol. The van der Waals surface area contributed by atoms with Crippen molar-refractivity contribution in [1.29, 1.82) is 0 Å². The fourth-order valence-corrected chi connectivity index (χ4v) is 1.64. The van der Waals surface area contributed by atoms with Gasteiger partial charge in [0.25, 0.3) is 0 Å². The van der Waals surface area contributed by atoms with E-state index in [0.717, 1.165) is 37.3 Å². The predicted molar refractivity (Wildman–Crippen MR) is 70.6 cm³/mol. The molecule has 0 spiro atoms. The number of rotatable bonds is 8. The summed E-state index contributed by atoms with van der Waals surface area (Å²) in [4.78, 5) is 19.0. The lowest BCUT2D eigenvalue weighted by Gasteiger charge is -2.08. The number of anilines is 1. The lowest BCUT2D eigenvalue weighted by molar-refractivity contribution is -0.141. The van der Waals surface area contributed by atoms with E-state index in [1.54, 1.807) is 13.3 Å². The highest BCUT2D eigenvalue weighted by Gasteiger charge is 2.09. The van der Waals surface area contributed by atoms with Crippen LogP contribution in [0.2, 0.25) is 0 Å². The highest BCUT2D eigenvalue weighted by Crippen LogP contribution is 2.08. The molecule has 0 amide bonds. The Labute approximate surface area is 108 Å². The van der Waals surface area contributed by atoms with Crippen molar-refractivity contribution in [2.75, 3.05) is 11.9 Å². The van der Waals surface area contributed by atoms with Crippen molar-refractivity contribution in [3.05, 3.63) is 18.1 Å². The SMILES string of the molecule is CCCc1cc(NCCCC(C)C(=O)O)ncn1. The average Bonchev–Trinajstić information content (AvgIpc) is 2.35. The Morgan fingerprint density at radius 3 is 2.94 bits per heavy atom. The van der Waals surface area contributed by atoms with Gasteiger partial charge in [-0.25, -0.2) is 9.97 Å². The Morgan fingerprint density at radius 1 is 1.50 bits per heavy atom. The van der Waals surface area contributed by atoms with Crippen molar-refractivity contribution in [3.63, 3.8) is 0 Å². The Balaban J connectivity index is 2.30. The maximum atomic E-state index is 10.6. The molecular formula is C13H21N3O2. The second-order valence-electron chi connectivity index (χ2n) is 4.45. The zero-order valence-electron chi connectivity index (χ0n) is 11.0. The molecule has 0 aliphatic heterocycles. The number of hydrogen-bond acceptors (Lipinski definition) is 4. The molecule has 0 aliphatic carbocycles. The van der Waals surface area contributed by atoms with Gasteiger partial charge in [0.05, 0.1) is 5.92 Å². The molecule has 100 valence electrons. The second-order valence-corrected chi connectivity index (χ2v) is 4.45. The van der Waals surface area contributed by atoms with Gasteiger partial charge >= 0.3 is 5.97 Å². The van der Waals surface area contributed by atoms with Gasteiger partial charge < -0.3 is 10.4 Å². The number of carboxylic acids is 1. The quantitative estimate of drug-likeness (QED) is 0.694. The van der Waals surface area contributed by atoms with Crippen molar-refractivity contribution >= 4 is 11.8 Å². The minimum Gasteiger partial charge on any atom is -0.481 e. The molecular weight excluding hydrogens is 230 g/mol. The van der Waals surface area contributed by atoms with Gasteiger partial charge in [-0.2, -0.15) is 0 Å². The lowest BCUT2D eigenvalue weighted by atomic mass is 10.1. The molecule has 0 saturated carbocycles. The molecule has 0 saturated heterocycles. The molecule has 0 fully saturated rings. The highest BCUT2D eigenvalue weighted by molar-refractivity contribution is 5.69. The third-order valence-corrected chi connectivity index (χ3v) is 2.77. The number of nitrogens with one attached hydrogen (secondary N) is 1. The van der Waals surface area contributed by atoms with E-state index in [4.69, 9.17) is 5.11 Å². The number of hydrogen-bond donors (Lipinski definition) is 2. The summed E-state index contributed by atoms with van der Waals surface area (Å²) >= 11 is 0. The fourth-order valence-electron chi connectivity index (χ4n) is 1.64. The van der Waals surface area contributed by atoms with Gasteiger partial charge in [0, 0.05) is 18.3 Å². The summed E-state index contributed by atoms with van der Waals surface area (Å²) in [6.45, 7) is 4.58. The van der Waals surface area contributed by atoms with Gasteiger partial charge in [-0.15, -0.1) is 0 Å². The van der Waals surface area contributed by atoms with E-state index in [-0.39, 0.29) is 5.92 Å². The molecule has 0 radical (unpaired) electrons. The highest BCUT2D eigenvalue weighted by atomic mass is 16.4. The first-order chi connectivity index (χ1) is 8.63. The van der Waals surface area contributed by atoms with Gasteiger partial charge in [0.2, 0.25) is 0 Å². The van der Waals surface area contributed by atoms with Crippen LogP contribution in [-0.4, -0.2) is 27.6 Å². The van der Waals surface area contributed by atoms with Gasteiger partial charge in [0.15, 0.2) is 0 Å². The summed E-state index contributed by atoms with van der Waals surface area (Å²) in [5, 5.41) is 11.9. The van der Waals surface area contributed by atoms with Gasteiger partial charge in [-0.1, -0.05) is 20.3 Å². The van der Waals surface area contributed by atoms with Crippen LogP contribution in [-0.2, 0) is 11.2 Å². The topological polar surface area (TPSA) is 75.1 Å². The third-order valence-electron chi connectivity index (χ3n) is 2.77. The molecule has 5 heteroatoms. The Bertz CT molecular complexity index is 382. The molecule has 5 nitrogen and oxygen atoms in total. The van der Waals surface area contributed by atoms with E-state index in [0.29, 0.717) is 6.42 Å². The molecule has 0 aliphatic rings. The molecule has 1 aromatic heterocycles. The maximum Gasteiger partial charge on any atom is 0.306 e. The first-order valence-electron chi connectivity index (χ1n) is 6.41. The fraction of sp³-hybridized carbons (Fsp3) is 0.615. The van der Waals surface area contributed by atoms with E-state index in [2.05, 4.69) is 22.2 Å². The number of aliphatic carboxylic acids is 1. The van der Waals surface area contributed by atoms with Crippen LogP contribution in [0.3, 0.4) is 0 Å². The van der Waals surface area contributed by atoms with Crippen LogP contribution in [0.25, 0.3) is 0 Å². The standard InChI is InChI=1S/C13H21N3O2/c1-3-5-11-8-12(16-9-15-11)14-7-4-6-10(2)13(17)18/h8-10H,3-7H2,1-2H3,(H,17,18)(H,14,15,16). The molecule has 1 rings (SSSR count). The Kier molecular flexibility index (Phi) is 6.11. The number of carboxylic acid groups (broad SMARTS) is 1. The minimum atomic E-state index is -0.734. The summed E-state index contributed by atoms with van der Waals surface area (Å²) in [7, 11) is 0. The molecule has 18 heavy (non-hydrogen) atoms. The second kappa shape index (κ2) is 7.63. The maximum absolute atomic E-state index is 10.6. The molecule has 1 atom stereocenters. The van der Waals surface area contributed by atoms with Crippen LogP contribution >= 0.6 is 0 Å². The largest absolute Gasteiger partial charge is 0.481 e. The van der Waals surface area contributed by atoms with Crippen molar-refractivity contribution < 1.29 is 9.90 Å². The number of aromatic nitrogens is 2. The minimum absolute atomic E-state index is 0.284. The van der Waals surface area contributed by atoms with Crippen molar-refractivity contribution in [3.8, 4) is 0 Å². The molecule has 0 aromatic carbocycles. The van der Waals surface area contributed by atoms with E-state index in [1.807, 2.05) is 6.07 Å². The molecule has 1 heterocycles. The lowest BCUT2D eigenvalue weighted by Crippen LogP contribution is -2.12. The summed E-state index contributed by atoms with van der Waals surface area (Å²) < 4.78 is 0. The smallest absolute Gasteiger partial charge is 0.306 e. The van der Waals surface area contributed by atoms with Crippen LogP contribution in [0.5, 0.6) is 0 Å². The van der Waals surface area contributed by atoms with Crippen LogP contribution in [0.15, 0.2) is 12.4 Å². The Hall–Kier alpha value is -1.65. The van der Waals surface area contributed by atoms with Crippen LogP contribution in [0.4, 0.5) is 5.82 Å². The zero-order chi connectivity index (χ0) is 13.4. The number of carbonyl (C=O) groups is 1. The van der Waals surface area contributed by atoms with Gasteiger partial charge in [-0.3, -0.25) is 4.79 Å². The van der Waals surface area contributed by atoms with Gasteiger partial charge in [-0.05, 0) is 19.3 Å². The summed E-state index contributed by atoms with van der Waals surface area (Å²) in [5.74, 6) is -0.202. The first kappa shape index (κ1) is 14.4. The van der Waals surface area contributed by atoms with Crippen molar-refractivity contribution in [2.45, 2.75) is 39.5 Å². The first-order valence-corrected chi connectivity index (χ1v) is 6.41. The Morgan fingerprint density at radius 2 is 2.28 bits per heavy atom. The van der Waals surface area contributed by atoms with Crippen LogP contribution < -0.4 is 5.32 Å². The molecule has 1 unspecified atom stereocenters. The molecule has 1 aromatic rings. The van der Waals surface area contributed by atoms with Crippen LogP contribution in [0, 0.1) is 5.92 Å². The normalized spacial score (nSPS) is 12.1. The van der Waals surface area contributed by atoms with Crippen LogP contribution in [0.1, 0.15) is 38.8 Å². The predicted octanol–water partition coefficient (Wildman–Crippen LogP) is 2.34. The zero-order valence-corrected chi connectivity index (χ0v) is 11.0. The summed E-state index contributed by atoms with van der Waals surface area (Å²) in [6, 6.07) is 1.95. The third kappa shape index (κ3) is 5.12. The average molecular weight is 251 g/mol. The number of aryl methyl sites for hydroxylation is 1. The number of nitrogens with zero attached hydrogens (tertiary/aromatic N) is 2. The summed E-state index contributed by atoms with van der Waals surface area (Å²) in [5.41, 5.74) is 1.04. The molecule has 0 bridgehead atoms. The van der Waals surface area contributed by atoms with Crippen molar-refractivity contribution in [2.24, 2.45) is 5.92 Å². The van der Waals surface area contributed by atoms with E-state index >= 15 is 0 Å². The van der Waals surface area contributed by atoms with E-state index < -0.39 is 5.97 Å². The molecule has 2 N–H and O–H groups in total. The van der Waals surface area contributed by atoms with Gasteiger partial charge in [0.1, 0.15) is 12.1 Å². The summed E-state index contributed by atoms with van der Waals surface area (Å²) in [6.07, 6.45) is 5.07.